The summed E-state index contributed by atoms with van der Waals surface area (Å²) in [6.45, 7) is 9.12. The monoisotopic (exact) mass is 479 g/mol. The minimum atomic E-state index is -3.53. The van der Waals surface area contributed by atoms with Gasteiger partial charge in [0.1, 0.15) is 11.6 Å². The van der Waals surface area contributed by atoms with Gasteiger partial charge in [-0.25, -0.2) is 18.4 Å². The maximum Gasteiger partial charge on any atom is 0.243 e. The zero-order valence-corrected chi connectivity index (χ0v) is 20.5. The van der Waals surface area contributed by atoms with E-state index in [1.165, 1.54) is 0 Å². The van der Waals surface area contributed by atoms with E-state index in [-0.39, 0.29) is 17.7 Å². The minimum absolute atomic E-state index is 0.0240. The summed E-state index contributed by atoms with van der Waals surface area (Å²) < 4.78 is 27.9. The topological polar surface area (TPSA) is 95.5 Å². The van der Waals surface area contributed by atoms with Crippen molar-refractivity contribution in [3.05, 3.63) is 59.4 Å². The van der Waals surface area contributed by atoms with Crippen LogP contribution in [0.1, 0.15) is 42.5 Å². The molecule has 0 aliphatic carbocycles. The number of hydrogen-bond acceptors (Lipinski definition) is 7. The maximum absolute atomic E-state index is 13.2. The van der Waals surface area contributed by atoms with Gasteiger partial charge in [-0.2, -0.15) is 4.31 Å². The van der Waals surface area contributed by atoms with Crippen molar-refractivity contribution in [2.45, 2.75) is 37.6 Å². The van der Waals surface area contributed by atoms with Crippen LogP contribution in [0.15, 0.2) is 47.4 Å². The third-order valence-electron chi connectivity index (χ3n) is 6.54. The van der Waals surface area contributed by atoms with Crippen LogP contribution in [-0.2, 0) is 22.0 Å². The highest BCUT2D eigenvalue weighted by atomic mass is 32.2. The number of anilines is 1. The molecule has 0 atom stereocenters. The average molecular weight is 480 g/mol. The molecule has 34 heavy (non-hydrogen) atoms. The molecule has 2 aliphatic rings. The van der Waals surface area contributed by atoms with Crippen molar-refractivity contribution < 1.29 is 13.2 Å². The predicted octanol–water partition coefficient (Wildman–Crippen LogP) is 3.04. The van der Waals surface area contributed by atoms with Crippen molar-refractivity contribution in [3.63, 3.8) is 0 Å². The number of piperazine rings is 1. The number of sulfonamides is 1. The predicted molar refractivity (Wildman–Crippen MR) is 132 cm³/mol. The molecule has 1 saturated heterocycles. The number of rotatable bonds is 4. The van der Waals surface area contributed by atoms with Gasteiger partial charge in [0.25, 0.3) is 0 Å². The molecule has 2 aromatic carbocycles. The molecule has 5 rings (SSSR count). The number of carbonyl (C=O) groups is 1. The van der Waals surface area contributed by atoms with Gasteiger partial charge in [-0.05, 0) is 29.2 Å². The molecule has 1 N–H and O–H groups in total. The standard InChI is InChI=1S/C25H29N5O3S/c1-25(2,3)17-7-9-18(10-8-17)34(32,33)30-13-11-29(12-14-30)16-22-27-20-6-4-5-19-21(31)15-26-24(28-22)23(19)20/h4-10H,11-16H2,1-3H3,(H,26,27,28). The molecular formula is C25H29N5O3S. The van der Waals surface area contributed by atoms with Crippen molar-refractivity contribution in [2.75, 3.05) is 38.0 Å². The van der Waals surface area contributed by atoms with Gasteiger partial charge in [0.15, 0.2) is 5.78 Å². The van der Waals surface area contributed by atoms with Gasteiger partial charge in [-0.1, -0.05) is 45.0 Å². The second kappa shape index (κ2) is 8.41. The smallest absolute Gasteiger partial charge is 0.243 e. The van der Waals surface area contributed by atoms with Crippen LogP contribution in [-0.4, -0.2) is 66.1 Å². The van der Waals surface area contributed by atoms with Crippen LogP contribution in [0.25, 0.3) is 10.9 Å². The van der Waals surface area contributed by atoms with Crippen LogP contribution in [0.3, 0.4) is 0 Å². The normalized spacial score (nSPS) is 17.7. The van der Waals surface area contributed by atoms with Gasteiger partial charge < -0.3 is 5.32 Å². The van der Waals surface area contributed by atoms with Crippen LogP contribution in [0.4, 0.5) is 5.82 Å². The van der Waals surface area contributed by atoms with Crippen LogP contribution in [0.2, 0.25) is 0 Å². The minimum Gasteiger partial charge on any atom is -0.362 e. The molecule has 0 saturated carbocycles. The molecule has 1 aromatic heterocycles. The Morgan fingerprint density at radius 2 is 1.68 bits per heavy atom. The summed E-state index contributed by atoms with van der Waals surface area (Å²) in [5.41, 5.74) is 2.49. The van der Waals surface area contributed by atoms with Gasteiger partial charge in [0.2, 0.25) is 10.0 Å². The second-order valence-corrected chi connectivity index (χ2v) is 11.9. The lowest BCUT2D eigenvalue weighted by Gasteiger charge is -2.33. The molecule has 2 aliphatic heterocycles. The summed E-state index contributed by atoms with van der Waals surface area (Å²) in [5.74, 6) is 1.39. The van der Waals surface area contributed by atoms with Gasteiger partial charge in [0, 0.05) is 31.7 Å². The molecule has 8 nitrogen and oxygen atoms in total. The van der Waals surface area contributed by atoms with Crippen LogP contribution in [0.5, 0.6) is 0 Å². The van der Waals surface area contributed by atoms with Gasteiger partial charge in [-0.3, -0.25) is 9.69 Å². The van der Waals surface area contributed by atoms with E-state index in [0.717, 1.165) is 16.5 Å². The van der Waals surface area contributed by atoms with Gasteiger partial charge >= 0.3 is 0 Å². The summed E-state index contributed by atoms with van der Waals surface area (Å²) in [5, 5.41) is 3.88. The fourth-order valence-electron chi connectivity index (χ4n) is 4.53. The number of ketones is 1. The van der Waals surface area contributed by atoms with E-state index >= 15 is 0 Å². The van der Waals surface area contributed by atoms with E-state index in [2.05, 4.69) is 41.0 Å². The zero-order chi connectivity index (χ0) is 24.1. The number of benzene rings is 2. The van der Waals surface area contributed by atoms with Crippen LogP contribution < -0.4 is 5.32 Å². The molecule has 0 unspecified atom stereocenters. The van der Waals surface area contributed by atoms with E-state index in [9.17, 15) is 13.2 Å². The molecular weight excluding hydrogens is 450 g/mol. The lowest BCUT2D eigenvalue weighted by Crippen LogP contribution is -2.48. The lowest BCUT2D eigenvalue weighted by atomic mass is 9.87. The first-order chi connectivity index (χ1) is 16.1. The fraction of sp³-hybridized carbons (Fsp3) is 0.400. The van der Waals surface area contributed by atoms with Crippen LogP contribution in [0, 0.1) is 0 Å². The van der Waals surface area contributed by atoms with Gasteiger partial charge in [-0.15, -0.1) is 0 Å². The SMILES string of the molecule is CC(C)(C)c1ccc(S(=O)(=O)N2CCN(Cc3nc4c5c(cccc5n3)C(=O)CN4)CC2)cc1. The summed E-state index contributed by atoms with van der Waals surface area (Å²) in [7, 11) is -3.53. The molecule has 3 heterocycles. The Morgan fingerprint density at radius 1 is 0.971 bits per heavy atom. The zero-order valence-electron chi connectivity index (χ0n) is 19.7. The molecule has 0 amide bonds. The highest BCUT2D eigenvalue weighted by molar-refractivity contribution is 7.89. The summed E-state index contributed by atoms with van der Waals surface area (Å²) in [6, 6.07) is 12.8. The second-order valence-electron chi connectivity index (χ2n) is 9.92. The highest BCUT2D eigenvalue weighted by Crippen LogP contribution is 2.29. The first-order valence-corrected chi connectivity index (χ1v) is 13.0. The van der Waals surface area contributed by atoms with Crippen molar-refractivity contribution in [3.8, 4) is 0 Å². The largest absolute Gasteiger partial charge is 0.362 e. The Hall–Kier alpha value is -2.88. The molecule has 0 spiro atoms. The number of nitrogens with zero attached hydrogens (tertiary/aromatic N) is 4. The Balaban J connectivity index is 1.28. The number of Topliss-reactive ketones (excluding diaryl/α,β-unsaturated/α-hetero) is 1. The maximum atomic E-state index is 13.2. The lowest BCUT2D eigenvalue weighted by molar-refractivity contribution is 0.101. The van der Waals surface area contributed by atoms with Crippen molar-refractivity contribution in [1.29, 1.82) is 0 Å². The van der Waals surface area contributed by atoms with Gasteiger partial charge in [0.05, 0.1) is 28.9 Å². The Labute approximate surface area is 200 Å². The first kappa shape index (κ1) is 22.9. The van der Waals surface area contributed by atoms with E-state index in [1.807, 2.05) is 30.3 Å². The highest BCUT2D eigenvalue weighted by Gasteiger charge is 2.29. The Bertz CT molecular complexity index is 1360. The average Bonchev–Trinajstić information content (AvgIpc) is 2.81. The third-order valence-corrected chi connectivity index (χ3v) is 8.45. The quantitative estimate of drug-likeness (QED) is 0.614. The van der Waals surface area contributed by atoms with Crippen molar-refractivity contribution >= 4 is 32.5 Å². The van der Waals surface area contributed by atoms with E-state index in [1.54, 1.807) is 16.4 Å². The molecule has 0 bridgehead atoms. The van der Waals surface area contributed by atoms with Crippen molar-refractivity contribution in [1.82, 2.24) is 19.2 Å². The number of nitrogens with one attached hydrogen (secondary N) is 1. The Kier molecular flexibility index (Phi) is 5.66. The van der Waals surface area contributed by atoms with E-state index in [4.69, 9.17) is 0 Å². The van der Waals surface area contributed by atoms with Crippen LogP contribution >= 0.6 is 0 Å². The molecule has 178 valence electrons. The molecule has 1 fully saturated rings. The molecule has 9 heteroatoms. The Morgan fingerprint density at radius 3 is 2.35 bits per heavy atom. The number of hydrogen-bond donors (Lipinski definition) is 1. The summed E-state index contributed by atoms with van der Waals surface area (Å²) >= 11 is 0. The summed E-state index contributed by atoms with van der Waals surface area (Å²) in [6.07, 6.45) is 0. The number of carbonyl (C=O) groups excluding carboxylic acids is 1. The van der Waals surface area contributed by atoms with Crippen molar-refractivity contribution in [2.24, 2.45) is 0 Å². The summed E-state index contributed by atoms with van der Waals surface area (Å²) in [4.78, 5) is 24.0. The molecule has 0 radical (unpaired) electrons. The van der Waals surface area contributed by atoms with E-state index < -0.39 is 10.0 Å². The fourth-order valence-corrected chi connectivity index (χ4v) is 5.95. The first-order valence-electron chi connectivity index (χ1n) is 11.5. The molecule has 3 aromatic rings. The van der Waals surface area contributed by atoms with E-state index in [0.29, 0.717) is 54.8 Å². The third kappa shape index (κ3) is 4.19. The number of aromatic nitrogens is 2.